The Hall–Kier alpha value is -3.03. The van der Waals surface area contributed by atoms with Crippen LogP contribution >= 0.6 is 0 Å². The summed E-state index contributed by atoms with van der Waals surface area (Å²) >= 11 is 0. The highest BCUT2D eigenvalue weighted by Gasteiger charge is 2.42. The molecule has 0 saturated heterocycles. The smallest absolute Gasteiger partial charge is 0.262 e. The Morgan fingerprint density at radius 3 is 2.18 bits per heavy atom. The topological polar surface area (TPSA) is 95.9 Å². The van der Waals surface area contributed by atoms with Gasteiger partial charge in [0.25, 0.3) is 11.8 Å². The van der Waals surface area contributed by atoms with Crippen LogP contribution in [-0.4, -0.2) is 60.1 Å². The van der Waals surface area contributed by atoms with Crippen LogP contribution in [-0.2, 0) is 16.0 Å². The number of aliphatic hydroxyl groups is 1. The van der Waals surface area contributed by atoms with Gasteiger partial charge in [-0.05, 0) is 17.7 Å². The normalized spacial score (nSPS) is 14.1. The second kappa shape index (κ2) is 9.25. The fourth-order valence-corrected chi connectivity index (χ4v) is 3.16. The van der Waals surface area contributed by atoms with Crippen molar-refractivity contribution < 1.29 is 24.2 Å². The number of hydrogen-bond acceptors (Lipinski definition) is 5. The zero-order chi connectivity index (χ0) is 19.9. The van der Waals surface area contributed by atoms with Crippen LogP contribution in [0.4, 0.5) is 0 Å². The second-order valence-corrected chi connectivity index (χ2v) is 6.36. The fraction of sp³-hybridized carbons (Fsp3) is 0.286. The number of nitrogens with zero attached hydrogens (tertiary/aromatic N) is 1. The molecule has 1 atom stereocenters. The maximum atomic E-state index is 12.8. The lowest BCUT2D eigenvalue weighted by atomic mass is 10.0. The molecule has 1 heterocycles. The monoisotopic (exact) mass is 382 g/mol. The molecule has 3 amide bonds. The third-order valence-electron chi connectivity index (χ3n) is 4.49. The number of carbonyl (C=O) groups is 3. The molecule has 146 valence electrons. The molecule has 3 rings (SSSR count). The summed E-state index contributed by atoms with van der Waals surface area (Å²) in [5.74, 6) is -1.35. The number of benzene rings is 2. The summed E-state index contributed by atoms with van der Waals surface area (Å²) in [6, 6.07) is 14.9. The van der Waals surface area contributed by atoms with E-state index in [1.807, 2.05) is 30.3 Å². The van der Waals surface area contributed by atoms with Gasteiger partial charge in [-0.25, -0.2) is 0 Å². The van der Waals surface area contributed by atoms with Crippen molar-refractivity contribution in [3.8, 4) is 0 Å². The van der Waals surface area contributed by atoms with Gasteiger partial charge >= 0.3 is 0 Å². The predicted octanol–water partition coefficient (Wildman–Crippen LogP) is 1.02. The van der Waals surface area contributed by atoms with Crippen molar-refractivity contribution in [1.82, 2.24) is 10.2 Å². The molecule has 0 spiro atoms. The molecule has 1 unspecified atom stereocenters. The first kappa shape index (κ1) is 19.7. The number of ether oxygens (including phenoxy) is 1. The first-order valence-corrected chi connectivity index (χ1v) is 9.10. The molecule has 7 nitrogen and oxygen atoms in total. The maximum Gasteiger partial charge on any atom is 0.262 e. The van der Waals surface area contributed by atoms with Gasteiger partial charge in [0, 0.05) is 13.0 Å². The molecular weight excluding hydrogens is 360 g/mol. The highest BCUT2D eigenvalue weighted by Crippen LogP contribution is 2.26. The van der Waals surface area contributed by atoms with Crippen molar-refractivity contribution >= 4 is 17.7 Å². The Morgan fingerprint density at radius 2 is 1.57 bits per heavy atom. The zero-order valence-electron chi connectivity index (χ0n) is 15.3. The molecule has 0 aromatic heterocycles. The van der Waals surface area contributed by atoms with E-state index in [2.05, 4.69) is 5.32 Å². The van der Waals surface area contributed by atoms with Crippen LogP contribution < -0.4 is 5.32 Å². The van der Waals surface area contributed by atoms with E-state index in [9.17, 15) is 14.4 Å². The molecule has 0 fully saturated rings. The van der Waals surface area contributed by atoms with Crippen LogP contribution in [0.1, 0.15) is 26.3 Å². The molecule has 28 heavy (non-hydrogen) atoms. The Kier molecular flexibility index (Phi) is 6.52. The molecule has 0 saturated carbocycles. The summed E-state index contributed by atoms with van der Waals surface area (Å²) in [6.45, 7) is 0.529. The summed E-state index contributed by atoms with van der Waals surface area (Å²) in [4.78, 5) is 39.6. The van der Waals surface area contributed by atoms with Crippen molar-refractivity contribution in [1.29, 1.82) is 0 Å². The SMILES string of the molecule is O=C(NCCOCCO)C(Cc1ccccc1)N1C(=O)c2ccccc2C1=O. The third-order valence-corrected chi connectivity index (χ3v) is 4.49. The second-order valence-electron chi connectivity index (χ2n) is 6.36. The van der Waals surface area contributed by atoms with Crippen molar-refractivity contribution in [2.45, 2.75) is 12.5 Å². The van der Waals surface area contributed by atoms with E-state index in [0.29, 0.717) is 11.1 Å². The van der Waals surface area contributed by atoms with Gasteiger partial charge in [0.15, 0.2) is 0 Å². The number of carbonyl (C=O) groups excluding carboxylic acids is 3. The molecular formula is C21H22N2O5. The molecule has 2 N–H and O–H groups in total. The van der Waals surface area contributed by atoms with Crippen LogP contribution in [0.5, 0.6) is 0 Å². The molecule has 1 aliphatic heterocycles. The largest absolute Gasteiger partial charge is 0.394 e. The number of fused-ring (bicyclic) bond motifs is 1. The average molecular weight is 382 g/mol. The van der Waals surface area contributed by atoms with Gasteiger partial charge in [-0.2, -0.15) is 0 Å². The van der Waals surface area contributed by atoms with Gasteiger partial charge < -0.3 is 15.2 Å². The van der Waals surface area contributed by atoms with E-state index in [4.69, 9.17) is 9.84 Å². The van der Waals surface area contributed by atoms with E-state index >= 15 is 0 Å². The van der Waals surface area contributed by atoms with Crippen LogP contribution in [0, 0.1) is 0 Å². The van der Waals surface area contributed by atoms with Crippen molar-refractivity contribution in [2.24, 2.45) is 0 Å². The van der Waals surface area contributed by atoms with Gasteiger partial charge in [0.2, 0.25) is 5.91 Å². The third kappa shape index (κ3) is 4.27. The Morgan fingerprint density at radius 1 is 0.964 bits per heavy atom. The van der Waals surface area contributed by atoms with E-state index in [1.165, 1.54) is 0 Å². The highest BCUT2D eigenvalue weighted by molar-refractivity contribution is 6.22. The molecule has 0 radical (unpaired) electrons. The zero-order valence-corrected chi connectivity index (χ0v) is 15.3. The first-order valence-electron chi connectivity index (χ1n) is 9.10. The van der Waals surface area contributed by atoms with E-state index in [0.717, 1.165) is 10.5 Å². The number of hydrogen-bond donors (Lipinski definition) is 2. The van der Waals surface area contributed by atoms with Crippen LogP contribution in [0.15, 0.2) is 54.6 Å². The Balaban J connectivity index is 1.79. The standard InChI is InChI=1S/C21H22N2O5/c24-11-13-28-12-10-22-19(25)18(14-15-6-2-1-3-7-15)23-20(26)16-8-4-5-9-17(16)21(23)27/h1-9,18,24H,10-14H2,(H,22,25). The summed E-state index contributed by atoms with van der Waals surface area (Å²) in [5, 5.41) is 11.4. The molecule has 2 aromatic rings. The van der Waals surface area contributed by atoms with E-state index in [1.54, 1.807) is 24.3 Å². The molecule has 0 bridgehead atoms. The molecule has 2 aromatic carbocycles. The van der Waals surface area contributed by atoms with Crippen LogP contribution in [0.25, 0.3) is 0 Å². The van der Waals surface area contributed by atoms with Gasteiger partial charge in [0.05, 0.1) is 30.9 Å². The molecule has 1 aliphatic rings. The predicted molar refractivity (Wildman–Crippen MR) is 102 cm³/mol. The Bertz CT molecular complexity index is 818. The summed E-state index contributed by atoms with van der Waals surface area (Å²) < 4.78 is 5.14. The van der Waals surface area contributed by atoms with Crippen LogP contribution in [0.3, 0.4) is 0 Å². The number of nitrogens with one attached hydrogen (secondary N) is 1. The minimum atomic E-state index is -0.965. The molecule has 7 heteroatoms. The minimum Gasteiger partial charge on any atom is -0.394 e. The van der Waals surface area contributed by atoms with E-state index < -0.39 is 23.8 Å². The number of rotatable bonds is 9. The van der Waals surface area contributed by atoms with Crippen molar-refractivity contribution in [3.63, 3.8) is 0 Å². The minimum absolute atomic E-state index is 0.0976. The lowest BCUT2D eigenvalue weighted by Gasteiger charge is -2.25. The van der Waals surface area contributed by atoms with Gasteiger partial charge in [-0.1, -0.05) is 42.5 Å². The lowest BCUT2D eigenvalue weighted by Crippen LogP contribution is -2.51. The number of aliphatic hydroxyl groups excluding tert-OH is 1. The highest BCUT2D eigenvalue weighted by atomic mass is 16.5. The molecule has 0 aliphatic carbocycles. The average Bonchev–Trinajstić information content (AvgIpc) is 2.97. The van der Waals surface area contributed by atoms with Crippen LogP contribution in [0.2, 0.25) is 0 Å². The summed E-state index contributed by atoms with van der Waals surface area (Å²) in [5.41, 5.74) is 1.46. The van der Waals surface area contributed by atoms with Gasteiger partial charge in [-0.3, -0.25) is 19.3 Å². The maximum absolute atomic E-state index is 12.8. The van der Waals surface area contributed by atoms with Crippen molar-refractivity contribution in [3.05, 3.63) is 71.3 Å². The number of imide groups is 1. The number of amides is 3. The summed E-state index contributed by atoms with van der Waals surface area (Å²) in [7, 11) is 0. The first-order chi connectivity index (χ1) is 13.6. The summed E-state index contributed by atoms with van der Waals surface area (Å²) in [6.07, 6.45) is 0.218. The fourth-order valence-electron chi connectivity index (χ4n) is 3.16. The lowest BCUT2D eigenvalue weighted by molar-refractivity contribution is -0.125. The van der Waals surface area contributed by atoms with E-state index in [-0.39, 0.29) is 32.8 Å². The quantitative estimate of drug-likeness (QED) is 0.499. The van der Waals surface area contributed by atoms with Gasteiger partial charge in [0.1, 0.15) is 6.04 Å². The van der Waals surface area contributed by atoms with Gasteiger partial charge in [-0.15, -0.1) is 0 Å². The van der Waals surface area contributed by atoms with Crippen molar-refractivity contribution in [2.75, 3.05) is 26.4 Å². The Labute approximate surface area is 162 Å².